The molecule has 1 aromatic carbocycles. The lowest BCUT2D eigenvalue weighted by atomic mass is 9.53. The molecule has 57 heavy (non-hydrogen) atoms. The van der Waals surface area contributed by atoms with E-state index in [2.05, 4.69) is 33.0 Å². The average Bonchev–Trinajstić information content (AvgIpc) is 3.66. The highest BCUT2D eigenvalue weighted by atomic mass is 16.5. The smallest absolute Gasteiger partial charge is 0.308 e. The predicted octanol–water partition coefficient (Wildman–Crippen LogP) is 7.97. The van der Waals surface area contributed by atoms with Gasteiger partial charge in [-0.1, -0.05) is 30.4 Å². The van der Waals surface area contributed by atoms with Crippen LogP contribution in [0.5, 0.6) is 5.75 Å². The first-order valence-electron chi connectivity index (χ1n) is 20.7. The van der Waals surface area contributed by atoms with Crippen LogP contribution < -0.4 is 4.74 Å². The standard InChI is InChI=1S/C46H54N4O7/c1-27(51)40-44-36(28(2)55-29(3)52)25-33(56-30(4)53)15-13-22-50(44)45-32-14-10-8-6-7-9-11-21-49-23-19-38(46(40,45)26-49)37(24-32)42-43-35(18-20-47-42)34-16-12-17-39(41(34)48-43)57-31(5)54/h6,8,12,16-18,20,24,33,37-38,45,48H,7,9-11,13-15,19,21-23,25-26H2,1-5H3/b8-6-,36-28+/t33-,37+,38+,45?,46+/m0/s1. The molecule has 3 bridgehead atoms. The number of nitrogens with zero attached hydrogens (tertiary/aromatic N) is 3. The first-order chi connectivity index (χ1) is 27.5. The Morgan fingerprint density at radius 2 is 1.67 bits per heavy atom. The topological polar surface area (TPSA) is 131 Å². The normalized spacial score (nSPS) is 29.1. The van der Waals surface area contributed by atoms with E-state index in [1.54, 1.807) is 19.9 Å². The van der Waals surface area contributed by atoms with E-state index in [4.69, 9.17) is 19.2 Å². The number of aromatic amines is 1. The fourth-order valence-corrected chi connectivity index (χ4v) is 11.1. The van der Waals surface area contributed by atoms with Crippen molar-refractivity contribution in [2.45, 2.75) is 110 Å². The number of esters is 3. The number of fused-ring (bicyclic) bond motifs is 5. The molecule has 0 saturated carbocycles. The summed E-state index contributed by atoms with van der Waals surface area (Å²) in [7, 11) is 0. The van der Waals surface area contributed by atoms with Gasteiger partial charge >= 0.3 is 17.9 Å². The fraction of sp³-hybridized carbons (Fsp3) is 0.500. The largest absolute Gasteiger partial charge is 0.462 e. The predicted molar refractivity (Wildman–Crippen MR) is 217 cm³/mol. The highest BCUT2D eigenvalue weighted by Crippen LogP contribution is 2.64. The Hall–Kier alpha value is -5.03. The number of ether oxygens (including phenoxy) is 3. The van der Waals surface area contributed by atoms with Gasteiger partial charge in [-0.3, -0.25) is 24.2 Å². The number of H-pyrrole nitrogens is 1. The summed E-state index contributed by atoms with van der Waals surface area (Å²) >= 11 is 0. The van der Waals surface area contributed by atoms with Gasteiger partial charge in [-0.25, -0.2) is 0 Å². The van der Waals surface area contributed by atoms with Crippen LogP contribution in [0.15, 0.2) is 76.9 Å². The highest BCUT2D eigenvalue weighted by molar-refractivity contribution is 6.10. The van der Waals surface area contributed by atoms with Gasteiger partial charge in [-0.05, 0) is 102 Å². The molecule has 8 rings (SSSR count). The van der Waals surface area contributed by atoms with E-state index in [1.807, 2.05) is 24.4 Å². The number of aromatic nitrogens is 2. The first-order valence-corrected chi connectivity index (χ1v) is 20.7. The van der Waals surface area contributed by atoms with Gasteiger partial charge in [0.15, 0.2) is 11.5 Å². The van der Waals surface area contributed by atoms with Crippen LogP contribution in [0.4, 0.5) is 0 Å². The number of benzene rings is 1. The van der Waals surface area contributed by atoms with E-state index >= 15 is 0 Å². The third-order valence-corrected chi connectivity index (χ3v) is 12.9. The summed E-state index contributed by atoms with van der Waals surface area (Å²) in [4.78, 5) is 65.8. The number of piperidine rings is 1. The summed E-state index contributed by atoms with van der Waals surface area (Å²) in [6.45, 7) is 11.0. The lowest BCUT2D eigenvalue weighted by molar-refractivity contribution is -0.147. The zero-order chi connectivity index (χ0) is 40.0. The van der Waals surface area contributed by atoms with Crippen LogP contribution in [0.1, 0.15) is 104 Å². The van der Waals surface area contributed by atoms with E-state index < -0.39 is 17.5 Å². The second-order valence-electron chi connectivity index (χ2n) is 16.6. The quantitative estimate of drug-likeness (QED) is 0.118. The lowest BCUT2D eigenvalue weighted by Gasteiger charge is -2.56. The number of pyridine rings is 1. The number of nitrogens with one attached hydrogen (secondary N) is 1. The van der Waals surface area contributed by atoms with Crippen LogP contribution >= 0.6 is 0 Å². The monoisotopic (exact) mass is 774 g/mol. The van der Waals surface area contributed by atoms with E-state index in [-0.39, 0.29) is 35.6 Å². The van der Waals surface area contributed by atoms with Crippen molar-refractivity contribution < 1.29 is 33.4 Å². The van der Waals surface area contributed by atoms with Gasteiger partial charge in [0.2, 0.25) is 0 Å². The Kier molecular flexibility index (Phi) is 10.7. The van der Waals surface area contributed by atoms with Crippen LogP contribution in [0.2, 0.25) is 0 Å². The molecule has 11 nitrogen and oxygen atoms in total. The van der Waals surface area contributed by atoms with Crippen LogP contribution in [0, 0.1) is 11.3 Å². The first kappa shape index (κ1) is 38.8. The third kappa shape index (κ3) is 7.02. The van der Waals surface area contributed by atoms with Crippen LogP contribution in [-0.2, 0) is 28.7 Å². The van der Waals surface area contributed by atoms with E-state index in [0.717, 1.165) is 102 Å². The molecule has 3 aromatic rings. The van der Waals surface area contributed by atoms with Crippen molar-refractivity contribution in [1.29, 1.82) is 0 Å². The molecule has 0 amide bonds. The molecule has 2 saturated heterocycles. The molecule has 1 spiro atoms. The third-order valence-electron chi connectivity index (χ3n) is 12.9. The number of Topliss-reactive ketones (excluding diaryl/α,β-unsaturated/α-hetero) is 1. The van der Waals surface area contributed by atoms with Crippen molar-refractivity contribution in [2.24, 2.45) is 11.3 Å². The summed E-state index contributed by atoms with van der Waals surface area (Å²) in [5.74, 6) is -0.400. The minimum atomic E-state index is -0.617. The van der Waals surface area contributed by atoms with E-state index in [1.165, 1.54) is 26.3 Å². The summed E-state index contributed by atoms with van der Waals surface area (Å²) < 4.78 is 17.4. The molecular formula is C46H54N4O7. The SMILES string of the molecule is CC(=O)O/C(C)=C1\C[C@@H](OC(C)=O)CCCN2C1=C(C(C)=O)[C@@]13CN4CCCC/C=C\CCC(=C[C@@H](c5nccc6c5[nH]c5c(OC(C)=O)cccc56)[C@H]1CC4)C23. The summed E-state index contributed by atoms with van der Waals surface area (Å²) in [6, 6.07) is 7.66. The van der Waals surface area contributed by atoms with Gasteiger partial charge < -0.3 is 29.0 Å². The zero-order valence-corrected chi connectivity index (χ0v) is 33.8. The van der Waals surface area contributed by atoms with Crippen molar-refractivity contribution in [2.75, 3.05) is 26.2 Å². The van der Waals surface area contributed by atoms with E-state index in [0.29, 0.717) is 37.4 Å². The number of ketones is 1. The average molecular weight is 775 g/mol. The molecular weight excluding hydrogens is 721 g/mol. The Bertz CT molecular complexity index is 2260. The number of carbonyl (C=O) groups is 4. The number of rotatable bonds is 5. The Balaban J connectivity index is 1.40. The number of para-hydroxylation sites is 1. The van der Waals surface area contributed by atoms with Crippen LogP contribution in [0.3, 0.4) is 0 Å². The second-order valence-corrected chi connectivity index (χ2v) is 16.6. The molecule has 2 unspecified atom stereocenters. The Morgan fingerprint density at radius 3 is 2.44 bits per heavy atom. The number of carbonyl (C=O) groups excluding carboxylic acids is 4. The molecule has 300 valence electrons. The highest BCUT2D eigenvalue weighted by Gasteiger charge is 2.64. The van der Waals surface area contributed by atoms with Gasteiger partial charge in [0.05, 0.1) is 28.5 Å². The molecule has 5 aliphatic rings. The van der Waals surface area contributed by atoms with Crippen molar-refractivity contribution in [3.8, 4) is 5.75 Å². The van der Waals surface area contributed by atoms with Crippen LogP contribution in [-0.4, -0.2) is 81.8 Å². The molecule has 0 radical (unpaired) electrons. The molecule has 2 aromatic heterocycles. The van der Waals surface area contributed by atoms with Gasteiger partial charge in [-0.15, -0.1) is 0 Å². The molecule has 11 heteroatoms. The molecule has 4 aliphatic heterocycles. The maximum Gasteiger partial charge on any atom is 0.308 e. The van der Waals surface area contributed by atoms with Crippen molar-refractivity contribution in [1.82, 2.24) is 19.8 Å². The molecule has 6 heterocycles. The zero-order valence-electron chi connectivity index (χ0n) is 33.8. The molecule has 1 N–H and O–H groups in total. The van der Waals surface area contributed by atoms with Crippen LogP contribution in [0.25, 0.3) is 21.8 Å². The maximum absolute atomic E-state index is 14.8. The minimum absolute atomic E-state index is 0.000163. The summed E-state index contributed by atoms with van der Waals surface area (Å²) in [5, 5.41) is 1.95. The Labute approximate surface area is 334 Å². The Morgan fingerprint density at radius 1 is 0.860 bits per heavy atom. The van der Waals surface area contributed by atoms with Gasteiger partial charge in [0, 0.05) is 79.7 Å². The fourth-order valence-electron chi connectivity index (χ4n) is 11.1. The number of allylic oxidation sites excluding steroid dienone is 5. The van der Waals surface area contributed by atoms with Gasteiger partial charge in [-0.2, -0.15) is 0 Å². The van der Waals surface area contributed by atoms with Gasteiger partial charge in [0.1, 0.15) is 11.9 Å². The van der Waals surface area contributed by atoms with Crippen molar-refractivity contribution in [3.05, 3.63) is 82.6 Å². The summed E-state index contributed by atoms with van der Waals surface area (Å²) in [6.07, 6.45) is 16.1. The lowest BCUT2D eigenvalue weighted by Crippen LogP contribution is -2.61. The molecule has 6 atom stereocenters. The van der Waals surface area contributed by atoms with Gasteiger partial charge in [0.25, 0.3) is 0 Å². The molecule has 1 aliphatic carbocycles. The second kappa shape index (κ2) is 15.7. The number of hydrogen-bond acceptors (Lipinski definition) is 10. The molecule has 2 fully saturated rings. The maximum atomic E-state index is 14.8. The number of hydrogen-bond donors (Lipinski definition) is 1. The minimum Gasteiger partial charge on any atom is -0.462 e. The van der Waals surface area contributed by atoms with E-state index in [9.17, 15) is 19.2 Å². The van der Waals surface area contributed by atoms with Crippen molar-refractivity contribution >= 4 is 45.5 Å². The van der Waals surface area contributed by atoms with Crippen molar-refractivity contribution in [3.63, 3.8) is 0 Å². The summed E-state index contributed by atoms with van der Waals surface area (Å²) in [5.41, 5.74) is 5.62.